The fraction of sp³-hybridized carbons (Fsp3) is 0.667. The van der Waals surface area contributed by atoms with E-state index in [0.717, 1.165) is 32.1 Å². The molecule has 0 radical (unpaired) electrons. The molecule has 0 bridgehead atoms. The van der Waals surface area contributed by atoms with Crippen LogP contribution >= 0.6 is 0 Å². The molecule has 1 unspecified atom stereocenters. The third-order valence-electron chi connectivity index (χ3n) is 2.61. The second kappa shape index (κ2) is 9.89. The predicted octanol–water partition coefficient (Wildman–Crippen LogP) is 3.88. The van der Waals surface area contributed by atoms with E-state index in [9.17, 15) is 0 Å². The Morgan fingerprint density at radius 2 is 1.72 bits per heavy atom. The summed E-state index contributed by atoms with van der Waals surface area (Å²) in [5, 5.41) is 11.3. The van der Waals surface area contributed by atoms with Gasteiger partial charge in [0.1, 0.15) is 0 Å². The third kappa shape index (κ3) is 13.0. The molecule has 0 heterocycles. The van der Waals surface area contributed by atoms with E-state index < -0.39 is 0 Å². The summed E-state index contributed by atoms with van der Waals surface area (Å²) in [7, 11) is 0. The molecule has 0 amide bonds. The summed E-state index contributed by atoms with van der Waals surface area (Å²) >= 11 is 0. The van der Waals surface area contributed by atoms with Crippen molar-refractivity contribution >= 4 is 6.21 Å². The lowest BCUT2D eigenvalue weighted by Gasteiger charge is -2.14. The number of hydrogen-bond acceptors (Lipinski definition) is 3. The minimum absolute atomic E-state index is 0.101. The highest BCUT2D eigenvalue weighted by atomic mass is 16.4. The molecule has 18 heavy (non-hydrogen) atoms. The molecular formula is C15H28N2O. The molecule has 3 N–H and O–H groups in total. The molecule has 0 aromatic heterocycles. The molecule has 0 spiro atoms. The Morgan fingerprint density at radius 1 is 1.11 bits per heavy atom. The van der Waals surface area contributed by atoms with Gasteiger partial charge < -0.3 is 10.9 Å². The molecule has 3 heteroatoms. The van der Waals surface area contributed by atoms with Crippen LogP contribution in [-0.4, -0.2) is 17.0 Å². The van der Waals surface area contributed by atoms with Gasteiger partial charge in [0.15, 0.2) is 0 Å². The first kappa shape index (κ1) is 16.9. The van der Waals surface area contributed by atoms with Gasteiger partial charge in [-0.15, -0.1) is 5.16 Å². The number of allylic oxidation sites excluding steroid dienone is 3. The van der Waals surface area contributed by atoms with Gasteiger partial charge in [-0.1, -0.05) is 31.2 Å². The van der Waals surface area contributed by atoms with E-state index in [1.54, 1.807) is 6.21 Å². The monoisotopic (exact) mass is 252 g/mol. The van der Waals surface area contributed by atoms with Crippen molar-refractivity contribution in [2.24, 2.45) is 16.8 Å². The summed E-state index contributed by atoms with van der Waals surface area (Å²) < 4.78 is 0. The van der Waals surface area contributed by atoms with E-state index in [1.165, 1.54) is 0 Å². The largest absolute Gasteiger partial charge is 0.411 e. The first-order chi connectivity index (χ1) is 8.45. The minimum atomic E-state index is -0.101. The first-order valence-corrected chi connectivity index (χ1v) is 6.70. The molecule has 0 saturated heterocycles. The van der Waals surface area contributed by atoms with Gasteiger partial charge in [-0.05, 0) is 51.9 Å². The predicted molar refractivity (Wildman–Crippen MR) is 79.1 cm³/mol. The number of oxime groups is 1. The van der Waals surface area contributed by atoms with E-state index >= 15 is 0 Å². The van der Waals surface area contributed by atoms with Crippen molar-refractivity contribution in [3.63, 3.8) is 0 Å². The van der Waals surface area contributed by atoms with Crippen LogP contribution in [0.3, 0.4) is 0 Å². The molecule has 0 rings (SSSR count). The standard InChI is InChI=1S/C15H28N2O/c1-14(11-13-17-18)10-8-6-4-5-7-9-12-15(2,3)16/h6-9,13-14,18H,4-5,10-12,16H2,1-3H3. The Labute approximate surface area is 111 Å². The molecular weight excluding hydrogens is 224 g/mol. The Bertz CT molecular complexity index is 275. The first-order valence-electron chi connectivity index (χ1n) is 6.70. The molecule has 0 fully saturated rings. The molecule has 0 aromatic carbocycles. The van der Waals surface area contributed by atoms with Gasteiger partial charge in [0.05, 0.1) is 0 Å². The van der Waals surface area contributed by atoms with Crippen LogP contribution in [0.2, 0.25) is 0 Å². The van der Waals surface area contributed by atoms with E-state index in [4.69, 9.17) is 10.9 Å². The smallest absolute Gasteiger partial charge is 0.0438 e. The lowest BCUT2D eigenvalue weighted by atomic mass is 10.0. The summed E-state index contributed by atoms with van der Waals surface area (Å²) in [6.07, 6.45) is 15.2. The van der Waals surface area contributed by atoms with E-state index in [-0.39, 0.29) is 5.54 Å². The van der Waals surface area contributed by atoms with Crippen LogP contribution in [0.25, 0.3) is 0 Å². The van der Waals surface area contributed by atoms with Gasteiger partial charge in [0.2, 0.25) is 0 Å². The Morgan fingerprint density at radius 3 is 2.28 bits per heavy atom. The number of nitrogens with zero attached hydrogens (tertiary/aromatic N) is 1. The van der Waals surface area contributed by atoms with Crippen molar-refractivity contribution in [3.05, 3.63) is 24.3 Å². The third-order valence-corrected chi connectivity index (χ3v) is 2.61. The molecule has 104 valence electrons. The van der Waals surface area contributed by atoms with Crippen LogP contribution < -0.4 is 5.73 Å². The number of unbranched alkanes of at least 4 members (excludes halogenated alkanes) is 1. The second-order valence-electron chi connectivity index (χ2n) is 5.59. The van der Waals surface area contributed by atoms with Crippen LogP contribution in [0.5, 0.6) is 0 Å². The topological polar surface area (TPSA) is 58.6 Å². The second-order valence-corrected chi connectivity index (χ2v) is 5.59. The fourth-order valence-electron chi connectivity index (χ4n) is 1.47. The van der Waals surface area contributed by atoms with E-state index in [2.05, 4.69) is 36.4 Å². The summed E-state index contributed by atoms with van der Waals surface area (Å²) in [5.41, 5.74) is 5.78. The molecule has 1 atom stereocenters. The maximum absolute atomic E-state index is 8.30. The average molecular weight is 252 g/mol. The Hall–Kier alpha value is -1.09. The zero-order valence-corrected chi connectivity index (χ0v) is 12.0. The molecule has 3 nitrogen and oxygen atoms in total. The normalized spacial score (nSPS) is 15.1. The molecule has 0 aliphatic rings. The average Bonchev–Trinajstić information content (AvgIpc) is 2.28. The highest BCUT2D eigenvalue weighted by molar-refractivity contribution is 5.56. The maximum atomic E-state index is 8.30. The summed E-state index contributed by atoms with van der Waals surface area (Å²) in [4.78, 5) is 0. The van der Waals surface area contributed by atoms with Gasteiger partial charge in [0, 0.05) is 11.8 Å². The number of rotatable bonds is 9. The fourth-order valence-corrected chi connectivity index (χ4v) is 1.47. The van der Waals surface area contributed by atoms with Crippen LogP contribution in [0, 0.1) is 5.92 Å². The van der Waals surface area contributed by atoms with Crippen molar-refractivity contribution in [2.75, 3.05) is 0 Å². The Kier molecular flexibility index (Phi) is 9.29. The SMILES string of the molecule is CC(CC=CCCC=CCC(C)(C)N)CC=NO. The van der Waals surface area contributed by atoms with Gasteiger partial charge >= 0.3 is 0 Å². The number of nitrogens with two attached hydrogens (primary N) is 1. The molecule has 0 aromatic rings. The zero-order valence-electron chi connectivity index (χ0n) is 12.0. The van der Waals surface area contributed by atoms with Gasteiger partial charge in [-0.25, -0.2) is 0 Å². The van der Waals surface area contributed by atoms with Crippen molar-refractivity contribution < 1.29 is 5.21 Å². The maximum Gasteiger partial charge on any atom is 0.0438 e. The minimum Gasteiger partial charge on any atom is -0.411 e. The lowest BCUT2D eigenvalue weighted by molar-refractivity contribution is 0.319. The van der Waals surface area contributed by atoms with E-state index in [1.807, 2.05) is 13.8 Å². The van der Waals surface area contributed by atoms with Crippen LogP contribution in [0.15, 0.2) is 29.5 Å². The highest BCUT2D eigenvalue weighted by Crippen LogP contribution is 2.08. The Balaban J connectivity index is 3.54. The number of hydrogen-bond donors (Lipinski definition) is 2. The summed E-state index contributed by atoms with van der Waals surface area (Å²) in [6, 6.07) is 0. The molecule has 0 saturated carbocycles. The van der Waals surface area contributed by atoms with Crippen LogP contribution in [0.4, 0.5) is 0 Å². The molecule has 0 aliphatic heterocycles. The summed E-state index contributed by atoms with van der Waals surface area (Å²) in [5.74, 6) is 0.533. The zero-order chi connectivity index (χ0) is 13.9. The highest BCUT2D eigenvalue weighted by Gasteiger charge is 2.05. The van der Waals surface area contributed by atoms with Crippen LogP contribution in [0.1, 0.15) is 52.9 Å². The van der Waals surface area contributed by atoms with Gasteiger partial charge in [0.25, 0.3) is 0 Å². The summed E-state index contributed by atoms with van der Waals surface area (Å²) in [6.45, 7) is 6.22. The van der Waals surface area contributed by atoms with E-state index in [0.29, 0.717) is 5.92 Å². The van der Waals surface area contributed by atoms with Crippen molar-refractivity contribution in [2.45, 2.75) is 58.4 Å². The van der Waals surface area contributed by atoms with Gasteiger partial charge in [-0.2, -0.15) is 0 Å². The van der Waals surface area contributed by atoms with Gasteiger partial charge in [-0.3, -0.25) is 0 Å². The van der Waals surface area contributed by atoms with Crippen molar-refractivity contribution in [3.8, 4) is 0 Å². The van der Waals surface area contributed by atoms with Crippen molar-refractivity contribution in [1.82, 2.24) is 0 Å². The van der Waals surface area contributed by atoms with Crippen LogP contribution in [-0.2, 0) is 0 Å². The molecule has 0 aliphatic carbocycles. The lowest BCUT2D eigenvalue weighted by Crippen LogP contribution is -2.30. The van der Waals surface area contributed by atoms with Crippen molar-refractivity contribution in [1.29, 1.82) is 0 Å². The quantitative estimate of drug-likeness (QED) is 0.215.